The average molecular weight is 441 g/mol. The first kappa shape index (κ1) is 21.5. The maximum Gasteiger partial charge on any atom is 0.250 e. The van der Waals surface area contributed by atoms with E-state index in [2.05, 4.69) is 15.6 Å². The summed E-state index contributed by atoms with van der Waals surface area (Å²) in [6.07, 6.45) is 3.01. The largest absolute Gasteiger partial charge is 0.349 e. The third kappa shape index (κ3) is 4.49. The third-order valence-corrected chi connectivity index (χ3v) is 6.84. The quantitative estimate of drug-likeness (QED) is 0.692. The predicted octanol–water partition coefficient (Wildman–Crippen LogP) is 2.58. The number of para-hydroxylation sites is 1. The van der Waals surface area contributed by atoms with Crippen LogP contribution >= 0.6 is 11.3 Å². The minimum absolute atomic E-state index is 0.109. The van der Waals surface area contributed by atoms with Gasteiger partial charge in [-0.1, -0.05) is 38.5 Å². The predicted molar refractivity (Wildman–Crippen MR) is 120 cm³/mol. The molecule has 3 atom stereocenters. The summed E-state index contributed by atoms with van der Waals surface area (Å²) in [7, 11) is 0. The zero-order chi connectivity index (χ0) is 22.0. The number of carbonyl (C=O) groups is 3. The number of nitrogens with one attached hydrogen (secondary N) is 2. The molecule has 7 nitrogen and oxygen atoms in total. The molecule has 2 aliphatic rings. The number of hydrogen-bond acceptors (Lipinski definition) is 5. The first-order valence-electron chi connectivity index (χ1n) is 10.9. The Kier molecular flexibility index (Phi) is 6.36. The van der Waals surface area contributed by atoms with Crippen molar-refractivity contribution in [2.45, 2.75) is 64.6 Å². The smallest absolute Gasteiger partial charge is 0.250 e. The van der Waals surface area contributed by atoms with E-state index in [1.54, 1.807) is 10.4 Å². The first-order valence-corrected chi connectivity index (χ1v) is 11.8. The highest BCUT2D eigenvalue weighted by Crippen LogP contribution is 2.39. The second kappa shape index (κ2) is 9.18. The number of aryl methyl sites for hydroxylation is 1. The van der Waals surface area contributed by atoms with Crippen molar-refractivity contribution in [3.8, 4) is 0 Å². The lowest BCUT2D eigenvalue weighted by atomic mass is 10.0. The summed E-state index contributed by atoms with van der Waals surface area (Å²) in [6, 6.07) is 4.74. The van der Waals surface area contributed by atoms with Gasteiger partial charge in [0.15, 0.2) is 0 Å². The second-order valence-corrected chi connectivity index (χ2v) is 9.15. The SMILES string of the molecule is CCC(C)CC(=O)NC1CCc2cccc3c2N(C1=O)C(C(=O)NCc1cscn1)C3. The third-order valence-electron chi connectivity index (χ3n) is 6.20. The molecule has 164 valence electrons. The van der Waals surface area contributed by atoms with E-state index in [1.165, 1.54) is 11.3 Å². The molecule has 31 heavy (non-hydrogen) atoms. The van der Waals surface area contributed by atoms with E-state index in [4.69, 9.17) is 0 Å². The lowest BCUT2D eigenvalue weighted by Gasteiger charge is -2.28. The number of carbonyl (C=O) groups excluding carboxylic acids is 3. The van der Waals surface area contributed by atoms with Crippen LogP contribution in [0.1, 0.15) is 49.9 Å². The van der Waals surface area contributed by atoms with Gasteiger partial charge in [0, 0.05) is 18.2 Å². The van der Waals surface area contributed by atoms with Crippen LogP contribution in [0.4, 0.5) is 5.69 Å². The van der Waals surface area contributed by atoms with E-state index < -0.39 is 12.1 Å². The van der Waals surface area contributed by atoms with Gasteiger partial charge in [-0.3, -0.25) is 19.3 Å². The number of hydrogen-bond donors (Lipinski definition) is 2. The van der Waals surface area contributed by atoms with Gasteiger partial charge in [-0.2, -0.15) is 0 Å². The van der Waals surface area contributed by atoms with Gasteiger partial charge in [-0.25, -0.2) is 4.98 Å². The number of aromatic nitrogens is 1. The number of thiazole rings is 1. The van der Waals surface area contributed by atoms with E-state index in [-0.39, 0.29) is 23.6 Å². The minimum atomic E-state index is -0.622. The van der Waals surface area contributed by atoms with Gasteiger partial charge in [0.1, 0.15) is 12.1 Å². The Bertz CT molecular complexity index is 975. The van der Waals surface area contributed by atoms with Crippen LogP contribution in [-0.4, -0.2) is 34.8 Å². The van der Waals surface area contributed by atoms with Crippen LogP contribution in [-0.2, 0) is 33.8 Å². The molecule has 0 saturated carbocycles. The van der Waals surface area contributed by atoms with Crippen LogP contribution in [0, 0.1) is 5.92 Å². The first-order chi connectivity index (χ1) is 15.0. The van der Waals surface area contributed by atoms with E-state index in [9.17, 15) is 14.4 Å². The summed E-state index contributed by atoms with van der Waals surface area (Å²) in [4.78, 5) is 44.9. The van der Waals surface area contributed by atoms with Crippen molar-refractivity contribution in [3.05, 3.63) is 45.9 Å². The van der Waals surface area contributed by atoms with E-state index in [0.29, 0.717) is 32.2 Å². The molecule has 4 rings (SSSR count). The maximum absolute atomic E-state index is 13.5. The molecule has 3 heterocycles. The van der Waals surface area contributed by atoms with Gasteiger partial charge in [0.25, 0.3) is 0 Å². The van der Waals surface area contributed by atoms with Crippen molar-refractivity contribution < 1.29 is 14.4 Å². The van der Waals surface area contributed by atoms with Crippen LogP contribution < -0.4 is 15.5 Å². The molecule has 8 heteroatoms. The Morgan fingerprint density at radius 2 is 2.13 bits per heavy atom. The van der Waals surface area contributed by atoms with Gasteiger partial charge in [-0.05, 0) is 29.9 Å². The summed E-state index contributed by atoms with van der Waals surface area (Å²) < 4.78 is 0. The molecule has 0 bridgehead atoms. The zero-order valence-corrected chi connectivity index (χ0v) is 18.7. The minimum Gasteiger partial charge on any atom is -0.349 e. The van der Waals surface area contributed by atoms with Gasteiger partial charge in [0.05, 0.1) is 23.4 Å². The molecule has 3 unspecified atom stereocenters. The Hall–Kier alpha value is -2.74. The highest BCUT2D eigenvalue weighted by Gasteiger charge is 2.43. The van der Waals surface area contributed by atoms with Crippen molar-refractivity contribution in [1.82, 2.24) is 15.6 Å². The van der Waals surface area contributed by atoms with Crippen molar-refractivity contribution in [1.29, 1.82) is 0 Å². The molecule has 0 saturated heterocycles. The molecular formula is C23H28N4O3S. The van der Waals surface area contributed by atoms with Gasteiger partial charge < -0.3 is 10.6 Å². The van der Waals surface area contributed by atoms with E-state index in [1.807, 2.05) is 37.4 Å². The number of anilines is 1. The highest BCUT2D eigenvalue weighted by molar-refractivity contribution is 7.07. The van der Waals surface area contributed by atoms with Crippen LogP contribution in [0.2, 0.25) is 0 Å². The normalized spacial score (nSPS) is 20.7. The fourth-order valence-corrected chi connectivity index (χ4v) is 4.87. The Balaban J connectivity index is 1.55. The van der Waals surface area contributed by atoms with E-state index >= 15 is 0 Å². The molecule has 2 aromatic rings. The van der Waals surface area contributed by atoms with Crippen LogP contribution in [0.25, 0.3) is 0 Å². The summed E-state index contributed by atoms with van der Waals surface area (Å²) >= 11 is 1.48. The topological polar surface area (TPSA) is 91.4 Å². The number of rotatable bonds is 7. The summed E-state index contributed by atoms with van der Waals surface area (Å²) in [5.41, 5.74) is 5.43. The fraction of sp³-hybridized carbons (Fsp3) is 0.478. The molecule has 2 aliphatic heterocycles. The second-order valence-electron chi connectivity index (χ2n) is 8.43. The van der Waals surface area contributed by atoms with Crippen molar-refractivity contribution in [2.75, 3.05) is 4.90 Å². The number of benzene rings is 1. The van der Waals surface area contributed by atoms with Crippen molar-refractivity contribution >= 4 is 34.7 Å². The van der Waals surface area contributed by atoms with Crippen LogP contribution in [0.15, 0.2) is 29.1 Å². The molecule has 2 N–H and O–H groups in total. The molecule has 0 spiro atoms. The van der Waals surface area contributed by atoms with Crippen LogP contribution in [0.5, 0.6) is 0 Å². The average Bonchev–Trinajstić information content (AvgIpc) is 3.39. The van der Waals surface area contributed by atoms with Crippen molar-refractivity contribution in [2.24, 2.45) is 5.92 Å². The molecule has 0 radical (unpaired) electrons. The number of nitrogens with zero attached hydrogens (tertiary/aromatic N) is 2. The maximum atomic E-state index is 13.5. The molecule has 1 aromatic carbocycles. The lowest BCUT2D eigenvalue weighted by Crippen LogP contribution is -2.54. The van der Waals surface area contributed by atoms with Crippen LogP contribution in [0.3, 0.4) is 0 Å². The van der Waals surface area contributed by atoms with Crippen molar-refractivity contribution in [3.63, 3.8) is 0 Å². The Labute approximate surface area is 186 Å². The zero-order valence-electron chi connectivity index (χ0n) is 17.9. The summed E-state index contributed by atoms with van der Waals surface area (Å²) in [5.74, 6) is -0.242. The molecule has 0 fully saturated rings. The Morgan fingerprint density at radius 3 is 2.87 bits per heavy atom. The molecule has 0 aliphatic carbocycles. The standard InChI is InChI=1S/C23H28N4O3S/c1-3-14(2)9-20(28)26-18-8-7-15-5-4-6-16-10-19(27(21(15)16)23(18)30)22(29)24-11-17-12-31-13-25-17/h4-6,12-14,18-19H,3,7-11H2,1-2H3,(H,24,29)(H,26,28). The highest BCUT2D eigenvalue weighted by atomic mass is 32.1. The Morgan fingerprint density at radius 1 is 1.32 bits per heavy atom. The molecule has 3 amide bonds. The molecular weight excluding hydrogens is 412 g/mol. The summed E-state index contributed by atoms with van der Waals surface area (Å²) in [6.45, 7) is 4.41. The fourth-order valence-electron chi connectivity index (χ4n) is 4.31. The van der Waals surface area contributed by atoms with Gasteiger partial charge >= 0.3 is 0 Å². The monoisotopic (exact) mass is 440 g/mol. The number of amides is 3. The van der Waals surface area contributed by atoms with Gasteiger partial charge in [-0.15, -0.1) is 11.3 Å². The summed E-state index contributed by atoms with van der Waals surface area (Å²) in [5, 5.41) is 7.75. The van der Waals surface area contributed by atoms with E-state index in [0.717, 1.165) is 28.9 Å². The lowest BCUT2D eigenvalue weighted by molar-refractivity contribution is -0.129. The molecule has 1 aromatic heterocycles. The van der Waals surface area contributed by atoms with Gasteiger partial charge in [0.2, 0.25) is 17.7 Å².